The summed E-state index contributed by atoms with van der Waals surface area (Å²) in [7, 11) is 0. The van der Waals surface area contributed by atoms with Crippen LogP contribution in [-0.4, -0.2) is 24.1 Å². The van der Waals surface area contributed by atoms with Gasteiger partial charge in [0.2, 0.25) is 0 Å². The predicted octanol–water partition coefficient (Wildman–Crippen LogP) is 1.61. The monoisotopic (exact) mass is 248 g/mol. The summed E-state index contributed by atoms with van der Waals surface area (Å²) in [6, 6.07) is 0. The predicted molar refractivity (Wildman–Crippen MR) is 63.4 cm³/mol. The zero-order valence-corrected chi connectivity index (χ0v) is 10.3. The Balaban J connectivity index is 1.89. The van der Waals surface area contributed by atoms with Gasteiger partial charge in [-0.05, 0) is 6.42 Å². The fraction of sp³-hybridized carbons (Fsp3) is 0.571. The molecular formula is C14H16O4. The highest BCUT2D eigenvalue weighted by atomic mass is 16.6. The molecule has 0 aromatic rings. The van der Waals surface area contributed by atoms with E-state index >= 15 is 0 Å². The van der Waals surface area contributed by atoms with Crippen LogP contribution in [0, 0.1) is 17.3 Å². The number of rotatable bonds is 2. The molecule has 1 heterocycles. The van der Waals surface area contributed by atoms with Gasteiger partial charge < -0.3 is 9.47 Å². The first kappa shape index (κ1) is 11.5. The Morgan fingerprint density at radius 2 is 2.33 bits per heavy atom. The molecule has 18 heavy (non-hydrogen) atoms. The van der Waals surface area contributed by atoms with E-state index in [4.69, 9.17) is 9.47 Å². The summed E-state index contributed by atoms with van der Waals surface area (Å²) in [6.07, 6.45) is 1.99. The number of hydrogen-bond donors (Lipinski definition) is 0. The fourth-order valence-electron chi connectivity index (χ4n) is 3.92. The molecule has 0 amide bonds. The number of ether oxygens (including phenoxy) is 2. The van der Waals surface area contributed by atoms with E-state index < -0.39 is 5.97 Å². The highest BCUT2D eigenvalue weighted by Crippen LogP contribution is 2.64. The van der Waals surface area contributed by atoms with Crippen molar-refractivity contribution in [3.8, 4) is 0 Å². The van der Waals surface area contributed by atoms with Crippen molar-refractivity contribution in [2.75, 3.05) is 0 Å². The van der Waals surface area contributed by atoms with Crippen LogP contribution in [0.5, 0.6) is 0 Å². The molecule has 96 valence electrons. The topological polar surface area (TPSA) is 52.6 Å². The lowest BCUT2D eigenvalue weighted by atomic mass is 9.77. The summed E-state index contributed by atoms with van der Waals surface area (Å²) < 4.78 is 10.8. The molecule has 1 saturated heterocycles. The van der Waals surface area contributed by atoms with Crippen LogP contribution >= 0.6 is 0 Å². The second-order valence-electron chi connectivity index (χ2n) is 5.63. The van der Waals surface area contributed by atoms with Gasteiger partial charge in [-0.2, -0.15) is 0 Å². The van der Waals surface area contributed by atoms with Crippen molar-refractivity contribution in [2.24, 2.45) is 17.3 Å². The summed E-state index contributed by atoms with van der Waals surface area (Å²) in [5, 5.41) is 0. The SMILES string of the molecule is C=CC(=O)OC1CC2(C)C(=C)C1C1CC(=O)OC12. The third kappa shape index (κ3) is 1.26. The van der Waals surface area contributed by atoms with E-state index in [1.807, 2.05) is 6.92 Å². The van der Waals surface area contributed by atoms with Gasteiger partial charge in [-0.15, -0.1) is 0 Å². The first-order valence-electron chi connectivity index (χ1n) is 6.19. The Morgan fingerprint density at radius 1 is 1.61 bits per heavy atom. The van der Waals surface area contributed by atoms with Gasteiger partial charge in [0, 0.05) is 23.3 Å². The normalized spacial score (nSPS) is 44.7. The molecule has 5 atom stereocenters. The molecule has 0 radical (unpaired) electrons. The van der Waals surface area contributed by atoms with Gasteiger partial charge in [-0.25, -0.2) is 4.79 Å². The van der Waals surface area contributed by atoms with Gasteiger partial charge >= 0.3 is 11.9 Å². The van der Waals surface area contributed by atoms with E-state index in [-0.39, 0.29) is 35.4 Å². The Morgan fingerprint density at radius 3 is 3.00 bits per heavy atom. The third-order valence-corrected chi connectivity index (χ3v) is 4.73. The summed E-state index contributed by atoms with van der Waals surface area (Å²) in [5.74, 6) is -0.392. The standard InChI is InChI=1S/C14H16O4/c1-4-10(15)17-9-6-14(3)7(2)12(9)8-5-11(16)18-13(8)14/h4,8-9,12-13H,1-2,5-6H2,3H3. The lowest BCUT2D eigenvalue weighted by molar-refractivity contribution is -0.152. The maximum atomic E-state index is 11.4. The van der Waals surface area contributed by atoms with Crippen molar-refractivity contribution in [1.29, 1.82) is 0 Å². The molecular weight excluding hydrogens is 232 g/mol. The lowest BCUT2D eigenvalue weighted by Crippen LogP contribution is -2.39. The molecule has 3 rings (SSSR count). The smallest absolute Gasteiger partial charge is 0.330 e. The second kappa shape index (κ2) is 3.46. The molecule has 1 aliphatic heterocycles. The van der Waals surface area contributed by atoms with Gasteiger partial charge in [-0.3, -0.25) is 4.79 Å². The minimum atomic E-state index is -0.411. The molecule has 4 nitrogen and oxygen atoms in total. The number of hydrogen-bond acceptors (Lipinski definition) is 4. The molecule has 2 bridgehead atoms. The molecule has 3 fully saturated rings. The van der Waals surface area contributed by atoms with Crippen molar-refractivity contribution in [1.82, 2.24) is 0 Å². The Bertz CT molecular complexity index is 466. The quantitative estimate of drug-likeness (QED) is 0.423. The average molecular weight is 248 g/mol. The third-order valence-electron chi connectivity index (χ3n) is 4.73. The Hall–Kier alpha value is -1.58. The molecule has 5 unspecified atom stereocenters. The summed E-state index contributed by atoms with van der Waals surface area (Å²) >= 11 is 0. The zero-order chi connectivity index (χ0) is 13.1. The van der Waals surface area contributed by atoms with Gasteiger partial charge in [0.05, 0.1) is 6.42 Å². The van der Waals surface area contributed by atoms with Crippen LogP contribution in [0.4, 0.5) is 0 Å². The zero-order valence-electron chi connectivity index (χ0n) is 10.3. The van der Waals surface area contributed by atoms with Crippen LogP contribution in [-0.2, 0) is 19.1 Å². The summed E-state index contributed by atoms with van der Waals surface area (Å²) in [5.41, 5.74) is 0.819. The number of fused-ring (bicyclic) bond motifs is 5. The fourth-order valence-corrected chi connectivity index (χ4v) is 3.92. The Labute approximate surface area is 106 Å². The summed E-state index contributed by atoms with van der Waals surface area (Å²) in [4.78, 5) is 22.8. The second-order valence-corrected chi connectivity index (χ2v) is 5.63. The lowest BCUT2D eigenvalue weighted by Gasteiger charge is -2.33. The Kier molecular flexibility index (Phi) is 2.22. The van der Waals surface area contributed by atoms with Crippen LogP contribution in [0.3, 0.4) is 0 Å². The minimum Gasteiger partial charge on any atom is -0.461 e. The van der Waals surface area contributed by atoms with E-state index in [1.165, 1.54) is 6.08 Å². The van der Waals surface area contributed by atoms with E-state index in [2.05, 4.69) is 13.2 Å². The van der Waals surface area contributed by atoms with Crippen molar-refractivity contribution in [3.63, 3.8) is 0 Å². The number of esters is 2. The molecule has 2 saturated carbocycles. The first-order chi connectivity index (χ1) is 8.47. The van der Waals surface area contributed by atoms with E-state index in [9.17, 15) is 9.59 Å². The summed E-state index contributed by atoms with van der Waals surface area (Å²) in [6.45, 7) is 9.59. The molecule has 2 aliphatic carbocycles. The van der Waals surface area contributed by atoms with Gasteiger partial charge in [-0.1, -0.05) is 25.7 Å². The van der Waals surface area contributed by atoms with Crippen molar-refractivity contribution in [3.05, 3.63) is 24.8 Å². The highest BCUT2D eigenvalue weighted by molar-refractivity contribution is 5.81. The highest BCUT2D eigenvalue weighted by Gasteiger charge is 2.67. The van der Waals surface area contributed by atoms with Crippen LogP contribution < -0.4 is 0 Å². The van der Waals surface area contributed by atoms with Crippen LogP contribution in [0.25, 0.3) is 0 Å². The van der Waals surface area contributed by atoms with Crippen molar-refractivity contribution >= 4 is 11.9 Å². The molecule has 0 aromatic heterocycles. The van der Waals surface area contributed by atoms with Crippen LogP contribution in [0.1, 0.15) is 19.8 Å². The van der Waals surface area contributed by atoms with Crippen LogP contribution in [0.2, 0.25) is 0 Å². The van der Waals surface area contributed by atoms with Crippen molar-refractivity contribution in [2.45, 2.75) is 32.0 Å². The molecule has 3 aliphatic rings. The first-order valence-corrected chi connectivity index (χ1v) is 6.19. The molecule has 0 aromatic carbocycles. The molecule has 0 spiro atoms. The number of carbonyl (C=O) groups excluding carboxylic acids is 2. The number of carbonyl (C=O) groups is 2. The largest absolute Gasteiger partial charge is 0.461 e. The molecule has 4 heteroatoms. The molecule has 0 N–H and O–H groups in total. The maximum Gasteiger partial charge on any atom is 0.330 e. The van der Waals surface area contributed by atoms with E-state index in [1.54, 1.807) is 0 Å². The van der Waals surface area contributed by atoms with Crippen LogP contribution in [0.15, 0.2) is 24.8 Å². The van der Waals surface area contributed by atoms with E-state index in [0.29, 0.717) is 12.8 Å². The van der Waals surface area contributed by atoms with Gasteiger partial charge in [0.15, 0.2) is 0 Å². The maximum absolute atomic E-state index is 11.4. The van der Waals surface area contributed by atoms with Crippen molar-refractivity contribution < 1.29 is 19.1 Å². The van der Waals surface area contributed by atoms with Gasteiger partial charge in [0.1, 0.15) is 12.2 Å². The van der Waals surface area contributed by atoms with E-state index in [0.717, 1.165) is 5.57 Å². The minimum absolute atomic E-state index is 0.0512. The average Bonchev–Trinajstić information content (AvgIpc) is 2.86. The van der Waals surface area contributed by atoms with Gasteiger partial charge in [0.25, 0.3) is 0 Å².